The third-order valence-electron chi connectivity index (χ3n) is 1.63. The van der Waals surface area contributed by atoms with E-state index < -0.39 is 0 Å². The number of carbonyl (C=O) groups excluding carboxylic acids is 1. The van der Waals surface area contributed by atoms with E-state index in [2.05, 4.69) is 12.2 Å². The molecule has 1 unspecified atom stereocenters. The van der Waals surface area contributed by atoms with Crippen molar-refractivity contribution in [3.8, 4) is 0 Å². The highest BCUT2D eigenvalue weighted by Crippen LogP contribution is 2.04. The molecule has 0 aromatic rings. The van der Waals surface area contributed by atoms with Gasteiger partial charge in [0.15, 0.2) is 0 Å². The minimum Gasteiger partial charge on any atom is -0.368 e. The maximum atomic E-state index is 11.0. The van der Waals surface area contributed by atoms with Gasteiger partial charge in [-0.15, -0.1) is 0 Å². The van der Waals surface area contributed by atoms with Crippen molar-refractivity contribution in [2.45, 2.75) is 39.3 Å². The maximum Gasteiger partial charge on any atom is 0.234 e. The van der Waals surface area contributed by atoms with Gasteiger partial charge in [0.25, 0.3) is 0 Å². The minimum atomic E-state index is -0.245. The van der Waals surface area contributed by atoms with Gasteiger partial charge in [0.1, 0.15) is 0 Å². The first-order chi connectivity index (χ1) is 6.07. The Morgan fingerprint density at radius 3 is 2.54 bits per heavy atom. The Kier molecular flexibility index (Phi) is 7.09. The standard InChI is InChI=1S/C9H20N2OS/c1-4-13-6-5-8(9(10)12)11-7(2)3/h7-8,11H,4-6H2,1-3H3,(H2,10,12). The van der Waals surface area contributed by atoms with E-state index >= 15 is 0 Å². The predicted octanol–water partition coefficient (Wildman–Crippen LogP) is 0.981. The topological polar surface area (TPSA) is 55.1 Å². The molecule has 0 aliphatic carbocycles. The number of nitrogens with two attached hydrogens (primary N) is 1. The predicted molar refractivity (Wildman–Crippen MR) is 58.9 cm³/mol. The highest BCUT2D eigenvalue weighted by molar-refractivity contribution is 7.99. The third-order valence-corrected chi connectivity index (χ3v) is 2.57. The largest absolute Gasteiger partial charge is 0.368 e. The lowest BCUT2D eigenvalue weighted by Gasteiger charge is -2.17. The van der Waals surface area contributed by atoms with Crippen LogP contribution in [0.5, 0.6) is 0 Å². The molecule has 3 N–H and O–H groups in total. The molecule has 0 heterocycles. The summed E-state index contributed by atoms with van der Waals surface area (Å²) in [4.78, 5) is 11.0. The maximum absolute atomic E-state index is 11.0. The van der Waals surface area contributed by atoms with Gasteiger partial charge in [0.2, 0.25) is 5.91 Å². The van der Waals surface area contributed by atoms with Crippen LogP contribution in [0.3, 0.4) is 0 Å². The van der Waals surface area contributed by atoms with Crippen LogP contribution in [0.2, 0.25) is 0 Å². The van der Waals surface area contributed by atoms with E-state index in [4.69, 9.17) is 5.73 Å². The summed E-state index contributed by atoms with van der Waals surface area (Å²) in [5.74, 6) is 1.84. The van der Waals surface area contributed by atoms with Crippen molar-refractivity contribution in [3.63, 3.8) is 0 Å². The Morgan fingerprint density at radius 2 is 2.15 bits per heavy atom. The Hall–Kier alpha value is -0.220. The van der Waals surface area contributed by atoms with Gasteiger partial charge in [0.05, 0.1) is 6.04 Å². The summed E-state index contributed by atoms with van der Waals surface area (Å²) < 4.78 is 0. The second-order valence-corrected chi connectivity index (χ2v) is 4.66. The van der Waals surface area contributed by atoms with Crippen molar-refractivity contribution in [1.29, 1.82) is 0 Å². The van der Waals surface area contributed by atoms with Crippen LogP contribution in [-0.4, -0.2) is 29.5 Å². The van der Waals surface area contributed by atoms with Crippen molar-refractivity contribution in [2.24, 2.45) is 5.73 Å². The highest BCUT2D eigenvalue weighted by Gasteiger charge is 2.14. The number of thioether (sulfide) groups is 1. The summed E-state index contributed by atoms with van der Waals surface area (Å²) in [5, 5.41) is 3.15. The lowest BCUT2D eigenvalue weighted by Crippen LogP contribution is -2.44. The lowest BCUT2D eigenvalue weighted by molar-refractivity contribution is -0.120. The Morgan fingerprint density at radius 1 is 1.54 bits per heavy atom. The normalized spacial score (nSPS) is 13.2. The zero-order valence-electron chi connectivity index (χ0n) is 8.67. The van der Waals surface area contributed by atoms with Crippen molar-refractivity contribution >= 4 is 17.7 Å². The summed E-state index contributed by atoms with van der Waals surface area (Å²) in [5.41, 5.74) is 5.26. The molecule has 1 atom stereocenters. The second kappa shape index (κ2) is 7.21. The second-order valence-electron chi connectivity index (χ2n) is 3.26. The molecular formula is C9H20N2OS. The van der Waals surface area contributed by atoms with Crippen molar-refractivity contribution in [3.05, 3.63) is 0 Å². The van der Waals surface area contributed by atoms with Crippen molar-refractivity contribution in [1.82, 2.24) is 5.32 Å². The van der Waals surface area contributed by atoms with Gasteiger partial charge in [-0.2, -0.15) is 11.8 Å². The first-order valence-corrected chi connectivity index (χ1v) is 5.86. The molecule has 0 aliphatic rings. The van der Waals surface area contributed by atoms with Gasteiger partial charge < -0.3 is 11.1 Å². The van der Waals surface area contributed by atoms with E-state index in [9.17, 15) is 4.79 Å². The quantitative estimate of drug-likeness (QED) is 0.608. The molecule has 0 spiro atoms. The average Bonchev–Trinajstić information content (AvgIpc) is 2.02. The fraction of sp³-hybridized carbons (Fsp3) is 0.889. The number of amides is 1. The fourth-order valence-electron chi connectivity index (χ4n) is 1.06. The monoisotopic (exact) mass is 204 g/mol. The summed E-state index contributed by atoms with van der Waals surface area (Å²) >= 11 is 1.83. The van der Waals surface area contributed by atoms with Crippen LogP contribution >= 0.6 is 11.8 Å². The van der Waals surface area contributed by atoms with Gasteiger partial charge >= 0.3 is 0 Å². The average molecular weight is 204 g/mol. The number of nitrogens with one attached hydrogen (secondary N) is 1. The van der Waals surface area contributed by atoms with E-state index in [1.165, 1.54) is 0 Å². The fourth-order valence-corrected chi connectivity index (χ4v) is 1.75. The number of hydrogen-bond acceptors (Lipinski definition) is 3. The highest BCUT2D eigenvalue weighted by atomic mass is 32.2. The Bertz CT molecular complexity index is 151. The molecule has 0 fully saturated rings. The van der Waals surface area contributed by atoms with E-state index in [1.807, 2.05) is 25.6 Å². The number of carbonyl (C=O) groups is 1. The van der Waals surface area contributed by atoms with Gasteiger partial charge in [-0.3, -0.25) is 4.79 Å². The summed E-state index contributed by atoms with van der Waals surface area (Å²) in [6, 6.07) is 0.142. The first kappa shape index (κ1) is 12.8. The molecule has 0 aliphatic heterocycles. The number of rotatable bonds is 7. The van der Waals surface area contributed by atoms with Crippen LogP contribution in [0.25, 0.3) is 0 Å². The molecule has 0 saturated heterocycles. The summed E-state index contributed by atoms with van der Waals surface area (Å²) in [6.45, 7) is 6.14. The van der Waals surface area contributed by atoms with Crippen LogP contribution in [0.1, 0.15) is 27.2 Å². The number of primary amides is 1. The SMILES string of the molecule is CCSCCC(NC(C)C)C(N)=O. The smallest absolute Gasteiger partial charge is 0.234 e. The molecule has 3 nitrogen and oxygen atoms in total. The molecule has 0 radical (unpaired) electrons. The molecule has 0 saturated carbocycles. The van der Waals surface area contributed by atoms with Crippen LogP contribution in [0.15, 0.2) is 0 Å². The summed E-state index contributed by atoms with van der Waals surface area (Å²) in [6.07, 6.45) is 0.825. The van der Waals surface area contributed by atoms with Crippen LogP contribution in [-0.2, 0) is 4.79 Å². The van der Waals surface area contributed by atoms with Crippen LogP contribution < -0.4 is 11.1 Å². The molecule has 0 aromatic carbocycles. The van der Waals surface area contributed by atoms with Gasteiger partial charge in [0, 0.05) is 6.04 Å². The molecule has 78 valence electrons. The van der Waals surface area contributed by atoms with Gasteiger partial charge in [-0.25, -0.2) is 0 Å². The molecule has 1 amide bonds. The van der Waals surface area contributed by atoms with Crippen molar-refractivity contribution in [2.75, 3.05) is 11.5 Å². The van der Waals surface area contributed by atoms with Crippen molar-refractivity contribution < 1.29 is 4.79 Å². The van der Waals surface area contributed by atoms with E-state index in [0.717, 1.165) is 17.9 Å². The van der Waals surface area contributed by atoms with E-state index in [-0.39, 0.29) is 11.9 Å². The molecular weight excluding hydrogens is 184 g/mol. The molecule has 0 bridgehead atoms. The van der Waals surface area contributed by atoms with E-state index in [0.29, 0.717) is 6.04 Å². The zero-order valence-corrected chi connectivity index (χ0v) is 9.49. The van der Waals surface area contributed by atoms with Crippen LogP contribution in [0, 0.1) is 0 Å². The zero-order chi connectivity index (χ0) is 10.3. The molecule has 0 rings (SSSR count). The lowest BCUT2D eigenvalue weighted by atomic mass is 10.2. The molecule has 4 heteroatoms. The van der Waals surface area contributed by atoms with Gasteiger partial charge in [-0.05, 0) is 17.9 Å². The van der Waals surface area contributed by atoms with E-state index in [1.54, 1.807) is 0 Å². The Balaban J connectivity index is 3.74. The minimum absolute atomic E-state index is 0.168. The Labute approximate surface area is 84.8 Å². The molecule has 0 aromatic heterocycles. The van der Waals surface area contributed by atoms with Gasteiger partial charge in [-0.1, -0.05) is 20.8 Å². The van der Waals surface area contributed by atoms with Crippen LogP contribution in [0.4, 0.5) is 0 Å². The summed E-state index contributed by atoms with van der Waals surface area (Å²) in [7, 11) is 0. The first-order valence-electron chi connectivity index (χ1n) is 4.71. The third kappa shape index (κ3) is 6.90. The molecule has 13 heavy (non-hydrogen) atoms. The number of hydrogen-bond donors (Lipinski definition) is 2.